The summed E-state index contributed by atoms with van der Waals surface area (Å²) in [5.41, 5.74) is 4.10. The minimum atomic E-state index is 0. The second kappa shape index (κ2) is 8.44. The molecule has 1 N–H and O–H groups in total. The van der Waals surface area contributed by atoms with E-state index in [1.165, 1.54) is 16.7 Å². The molecule has 2 aromatic rings. The quantitative estimate of drug-likeness (QED) is 0.924. The molecule has 1 aliphatic heterocycles. The molecule has 124 valence electrons. The van der Waals surface area contributed by atoms with Crippen LogP contribution in [0, 0.1) is 0 Å². The highest BCUT2D eigenvalue weighted by Gasteiger charge is 2.23. The molecule has 1 aliphatic rings. The number of benzene rings is 1. The monoisotopic (exact) mass is 331 g/mol. The van der Waals surface area contributed by atoms with Crippen LogP contribution in [0.2, 0.25) is 0 Å². The Balaban J connectivity index is 0.00000192. The first-order chi connectivity index (χ1) is 10.7. The number of piperazine rings is 1. The van der Waals surface area contributed by atoms with E-state index in [-0.39, 0.29) is 12.4 Å². The summed E-state index contributed by atoms with van der Waals surface area (Å²) in [5, 5.41) is 3.50. The van der Waals surface area contributed by atoms with E-state index in [1.807, 2.05) is 18.5 Å². The molecular weight excluding hydrogens is 306 g/mol. The fourth-order valence-electron chi connectivity index (χ4n) is 3.08. The molecule has 1 aromatic carbocycles. The van der Waals surface area contributed by atoms with Gasteiger partial charge in [-0.05, 0) is 28.7 Å². The first kappa shape index (κ1) is 17.9. The summed E-state index contributed by atoms with van der Waals surface area (Å²) in [6, 6.07) is 13.7. The predicted octanol–water partition coefficient (Wildman–Crippen LogP) is 3.77. The second-order valence-corrected chi connectivity index (χ2v) is 6.37. The van der Waals surface area contributed by atoms with Crippen LogP contribution in [-0.4, -0.2) is 29.5 Å². The molecule has 0 amide bonds. The van der Waals surface area contributed by atoms with Crippen LogP contribution >= 0.6 is 12.4 Å². The molecule has 2 heterocycles. The van der Waals surface area contributed by atoms with Crippen LogP contribution in [-0.2, 0) is 6.54 Å². The van der Waals surface area contributed by atoms with Crippen molar-refractivity contribution in [2.24, 2.45) is 0 Å². The van der Waals surface area contributed by atoms with Crippen molar-refractivity contribution < 1.29 is 0 Å². The Kier molecular flexibility index (Phi) is 6.58. The molecule has 0 bridgehead atoms. The largest absolute Gasteiger partial charge is 0.314 e. The predicted molar refractivity (Wildman–Crippen MR) is 98.0 cm³/mol. The highest BCUT2D eigenvalue weighted by atomic mass is 35.5. The molecule has 1 aromatic heterocycles. The van der Waals surface area contributed by atoms with Gasteiger partial charge in [-0.2, -0.15) is 0 Å². The lowest BCUT2D eigenvalue weighted by Crippen LogP contribution is -2.45. The third-order valence-corrected chi connectivity index (χ3v) is 4.46. The smallest absolute Gasteiger partial charge is 0.0491 e. The Morgan fingerprint density at radius 1 is 1.22 bits per heavy atom. The average Bonchev–Trinajstić information content (AvgIpc) is 2.57. The number of nitrogens with zero attached hydrogens (tertiary/aromatic N) is 2. The third kappa shape index (κ3) is 4.54. The van der Waals surface area contributed by atoms with E-state index in [9.17, 15) is 0 Å². The van der Waals surface area contributed by atoms with Gasteiger partial charge in [-0.1, -0.05) is 44.2 Å². The van der Waals surface area contributed by atoms with Crippen molar-refractivity contribution in [1.82, 2.24) is 15.2 Å². The van der Waals surface area contributed by atoms with Gasteiger partial charge in [0.2, 0.25) is 0 Å². The van der Waals surface area contributed by atoms with E-state index >= 15 is 0 Å². The Labute approximate surface area is 145 Å². The zero-order chi connectivity index (χ0) is 15.4. The highest BCUT2D eigenvalue weighted by molar-refractivity contribution is 5.85. The van der Waals surface area contributed by atoms with Crippen molar-refractivity contribution in [3.63, 3.8) is 0 Å². The number of hydrogen-bond acceptors (Lipinski definition) is 3. The Morgan fingerprint density at radius 2 is 2.00 bits per heavy atom. The lowest BCUT2D eigenvalue weighted by molar-refractivity contribution is 0.153. The van der Waals surface area contributed by atoms with Crippen molar-refractivity contribution in [3.8, 4) is 0 Å². The van der Waals surface area contributed by atoms with Crippen LogP contribution in [0.4, 0.5) is 0 Å². The normalized spacial score (nSPS) is 18.7. The van der Waals surface area contributed by atoms with Crippen LogP contribution < -0.4 is 5.32 Å². The summed E-state index contributed by atoms with van der Waals surface area (Å²) < 4.78 is 0. The lowest BCUT2D eigenvalue weighted by atomic mass is 10.0. The third-order valence-electron chi connectivity index (χ3n) is 4.46. The van der Waals surface area contributed by atoms with Gasteiger partial charge in [0.1, 0.15) is 0 Å². The fourth-order valence-corrected chi connectivity index (χ4v) is 3.08. The molecule has 0 saturated carbocycles. The standard InChI is InChI=1S/C19H25N3.ClH/c1-15(2)17-7-5-16(6-8-17)14-22-11-10-21-13-19(22)18-4-3-9-20-12-18;/h3-9,12,15,19,21H,10-11,13-14H2,1-2H3;1H. The van der Waals surface area contributed by atoms with Gasteiger partial charge in [0.05, 0.1) is 0 Å². The van der Waals surface area contributed by atoms with Gasteiger partial charge >= 0.3 is 0 Å². The van der Waals surface area contributed by atoms with E-state index in [4.69, 9.17) is 0 Å². The maximum absolute atomic E-state index is 4.28. The van der Waals surface area contributed by atoms with E-state index in [2.05, 4.69) is 59.4 Å². The number of nitrogens with one attached hydrogen (secondary N) is 1. The Bertz CT molecular complexity index is 583. The topological polar surface area (TPSA) is 28.2 Å². The zero-order valence-corrected chi connectivity index (χ0v) is 14.7. The Morgan fingerprint density at radius 3 is 2.65 bits per heavy atom. The zero-order valence-electron chi connectivity index (χ0n) is 13.9. The summed E-state index contributed by atoms with van der Waals surface area (Å²) in [6.45, 7) is 8.61. The van der Waals surface area contributed by atoms with Crippen LogP contribution in [0.15, 0.2) is 48.8 Å². The fraction of sp³-hybridized carbons (Fsp3) is 0.421. The van der Waals surface area contributed by atoms with Gasteiger partial charge in [-0.3, -0.25) is 9.88 Å². The van der Waals surface area contributed by atoms with E-state index < -0.39 is 0 Å². The second-order valence-electron chi connectivity index (χ2n) is 6.37. The van der Waals surface area contributed by atoms with Crippen molar-refractivity contribution >= 4 is 12.4 Å². The van der Waals surface area contributed by atoms with Crippen LogP contribution in [0.25, 0.3) is 0 Å². The molecule has 0 aliphatic carbocycles. The highest BCUT2D eigenvalue weighted by Crippen LogP contribution is 2.24. The molecular formula is C19H26ClN3. The van der Waals surface area contributed by atoms with Gasteiger partial charge < -0.3 is 5.32 Å². The molecule has 1 atom stereocenters. The van der Waals surface area contributed by atoms with Crippen molar-refractivity contribution in [2.45, 2.75) is 32.4 Å². The molecule has 0 spiro atoms. The minimum Gasteiger partial charge on any atom is -0.314 e. The number of rotatable bonds is 4. The number of aromatic nitrogens is 1. The molecule has 1 saturated heterocycles. The Hall–Kier alpha value is -1.42. The summed E-state index contributed by atoms with van der Waals surface area (Å²) in [6.07, 6.45) is 3.83. The van der Waals surface area contributed by atoms with Crippen molar-refractivity contribution in [3.05, 3.63) is 65.5 Å². The first-order valence-electron chi connectivity index (χ1n) is 8.17. The number of pyridine rings is 1. The van der Waals surface area contributed by atoms with Gasteiger partial charge in [0.25, 0.3) is 0 Å². The van der Waals surface area contributed by atoms with Crippen molar-refractivity contribution in [2.75, 3.05) is 19.6 Å². The molecule has 3 rings (SSSR count). The molecule has 1 unspecified atom stereocenters. The maximum Gasteiger partial charge on any atom is 0.0491 e. The first-order valence-corrected chi connectivity index (χ1v) is 8.17. The summed E-state index contributed by atoms with van der Waals surface area (Å²) >= 11 is 0. The molecule has 1 fully saturated rings. The van der Waals surface area contributed by atoms with Crippen LogP contribution in [0.5, 0.6) is 0 Å². The van der Waals surface area contributed by atoms with Crippen molar-refractivity contribution in [1.29, 1.82) is 0 Å². The van der Waals surface area contributed by atoms with Gasteiger partial charge in [0.15, 0.2) is 0 Å². The van der Waals surface area contributed by atoms with Gasteiger partial charge in [-0.15, -0.1) is 12.4 Å². The molecule has 4 heteroatoms. The lowest BCUT2D eigenvalue weighted by Gasteiger charge is -2.36. The number of hydrogen-bond donors (Lipinski definition) is 1. The summed E-state index contributed by atoms with van der Waals surface area (Å²) in [5.74, 6) is 0.594. The molecule has 23 heavy (non-hydrogen) atoms. The number of halogens is 1. The van der Waals surface area contributed by atoms with E-state index in [0.29, 0.717) is 12.0 Å². The molecule has 0 radical (unpaired) electrons. The van der Waals surface area contributed by atoms with Gasteiger partial charge in [0, 0.05) is 44.6 Å². The van der Waals surface area contributed by atoms with Crippen LogP contribution in [0.3, 0.4) is 0 Å². The summed E-state index contributed by atoms with van der Waals surface area (Å²) in [7, 11) is 0. The maximum atomic E-state index is 4.28. The minimum absolute atomic E-state index is 0. The average molecular weight is 332 g/mol. The van der Waals surface area contributed by atoms with Gasteiger partial charge in [-0.25, -0.2) is 0 Å². The van der Waals surface area contributed by atoms with E-state index in [1.54, 1.807) is 0 Å². The summed E-state index contributed by atoms with van der Waals surface area (Å²) in [4.78, 5) is 6.83. The van der Waals surface area contributed by atoms with Crippen LogP contribution in [0.1, 0.15) is 42.5 Å². The SMILES string of the molecule is CC(C)c1ccc(CN2CCNCC2c2cccnc2)cc1.Cl. The van der Waals surface area contributed by atoms with E-state index in [0.717, 1.165) is 26.2 Å². The molecule has 3 nitrogen and oxygen atoms in total.